The zero-order valence-corrected chi connectivity index (χ0v) is 17.4. The summed E-state index contributed by atoms with van der Waals surface area (Å²) in [5, 5.41) is 12.4. The number of carboxylic acid groups (broad SMARTS) is 1. The zero-order chi connectivity index (χ0) is 19.7. The van der Waals surface area contributed by atoms with Crippen molar-refractivity contribution in [1.29, 1.82) is 0 Å². The second-order valence-electron chi connectivity index (χ2n) is 7.49. The number of hydrogen-bond donors (Lipinski definition) is 2. The van der Waals surface area contributed by atoms with Crippen LogP contribution in [0.2, 0.25) is 0 Å². The van der Waals surface area contributed by atoms with Crippen LogP contribution in [-0.4, -0.2) is 17.6 Å². The van der Waals surface area contributed by atoms with E-state index in [1.54, 1.807) is 12.1 Å². The van der Waals surface area contributed by atoms with Crippen LogP contribution in [-0.2, 0) is 0 Å². The number of aromatic carboxylic acids is 1. The van der Waals surface area contributed by atoms with Crippen LogP contribution in [0.5, 0.6) is 0 Å². The maximum Gasteiger partial charge on any atom is 0.335 e. The Bertz CT molecular complexity index is 551. The van der Waals surface area contributed by atoms with Crippen molar-refractivity contribution >= 4 is 11.7 Å². The second-order valence-corrected chi connectivity index (χ2v) is 7.49. The summed E-state index contributed by atoms with van der Waals surface area (Å²) in [4.78, 5) is 10.9. The Morgan fingerprint density at radius 3 is 2.11 bits per heavy atom. The third-order valence-electron chi connectivity index (χ3n) is 4.98. The van der Waals surface area contributed by atoms with Crippen molar-refractivity contribution in [3.63, 3.8) is 0 Å². The first-order valence-electron chi connectivity index (χ1n) is 10.9. The number of benzene rings is 1. The molecule has 0 spiro atoms. The van der Waals surface area contributed by atoms with Gasteiger partial charge < -0.3 is 10.4 Å². The van der Waals surface area contributed by atoms with E-state index < -0.39 is 5.97 Å². The lowest BCUT2D eigenvalue weighted by Crippen LogP contribution is -2.04. The van der Waals surface area contributed by atoms with E-state index in [1.807, 2.05) is 13.0 Å². The molecule has 2 N–H and O–H groups in total. The van der Waals surface area contributed by atoms with Gasteiger partial charge in [0.1, 0.15) is 0 Å². The highest BCUT2D eigenvalue weighted by atomic mass is 16.4. The highest BCUT2D eigenvalue weighted by Crippen LogP contribution is 2.17. The summed E-state index contributed by atoms with van der Waals surface area (Å²) in [6.07, 6.45) is 20.5. The van der Waals surface area contributed by atoms with E-state index in [-0.39, 0.29) is 0 Å². The number of nitrogens with one attached hydrogen (secondary N) is 1. The number of unbranched alkanes of at least 4 members (excludes halogenated alkanes) is 10. The summed E-state index contributed by atoms with van der Waals surface area (Å²) in [6, 6.07) is 5.23. The molecule has 0 fully saturated rings. The fourth-order valence-corrected chi connectivity index (χ4v) is 3.25. The number of anilines is 1. The lowest BCUT2D eigenvalue weighted by molar-refractivity contribution is 0.0697. The standard InChI is InChI=1S/C24H39NO2/c1-3-4-5-6-7-8-9-10-11-12-13-14-15-16-19-25-23-18-17-22(24(26)27)20-21(23)2/h13-14,17-18,20,25H,3-12,15-16,19H2,1-2H3,(H,26,27). The summed E-state index contributed by atoms with van der Waals surface area (Å²) < 4.78 is 0. The summed E-state index contributed by atoms with van der Waals surface area (Å²) in [7, 11) is 0. The second kappa shape index (κ2) is 15.3. The number of hydrogen-bond acceptors (Lipinski definition) is 2. The van der Waals surface area contributed by atoms with Crippen LogP contribution >= 0.6 is 0 Å². The first kappa shape index (κ1) is 23.3. The molecule has 0 aromatic heterocycles. The van der Waals surface area contributed by atoms with Crippen LogP contribution in [0.25, 0.3) is 0 Å². The summed E-state index contributed by atoms with van der Waals surface area (Å²) in [5.41, 5.74) is 2.35. The van der Waals surface area contributed by atoms with Gasteiger partial charge in [0.15, 0.2) is 0 Å². The number of rotatable bonds is 16. The number of carbonyl (C=O) groups is 1. The molecule has 0 saturated heterocycles. The molecule has 0 aliphatic rings. The van der Waals surface area contributed by atoms with Crippen molar-refractivity contribution in [3.8, 4) is 0 Å². The average molecular weight is 374 g/mol. The lowest BCUT2D eigenvalue weighted by Gasteiger charge is -2.09. The average Bonchev–Trinajstić information content (AvgIpc) is 2.65. The van der Waals surface area contributed by atoms with Crippen LogP contribution in [0.3, 0.4) is 0 Å². The minimum atomic E-state index is -0.873. The first-order valence-corrected chi connectivity index (χ1v) is 10.9. The Morgan fingerprint density at radius 1 is 0.926 bits per heavy atom. The molecule has 0 bridgehead atoms. The smallest absolute Gasteiger partial charge is 0.335 e. The quantitative estimate of drug-likeness (QED) is 0.235. The molecule has 3 nitrogen and oxygen atoms in total. The molecule has 1 aromatic carbocycles. The fraction of sp³-hybridized carbons (Fsp3) is 0.625. The number of aryl methyl sites for hydroxylation is 1. The third kappa shape index (κ3) is 11.5. The Kier molecular flexibility index (Phi) is 13.2. The van der Waals surface area contributed by atoms with Gasteiger partial charge in [-0.15, -0.1) is 0 Å². The molecule has 1 aromatic rings. The molecule has 0 atom stereocenters. The van der Waals surface area contributed by atoms with E-state index in [2.05, 4.69) is 24.4 Å². The molecule has 0 radical (unpaired) electrons. The van der Waals surface area contributed by atoms with E-state index in [0.717, 1.165) is 30.6 Å². The SMILES string of the molecule is CCCCCCCCCCCC=CCCCNc1ccc(C(=O)O)cc1C. The Balaban J connectivity index is 1.97. The summed E-state index contributed by atoms with van der Waals surface area (Å²) >= 11 is 0. The summed E-state index contributed by atoms with van der Waals surface area (Å²) in [6.45, 7) is 5.13. The topological polar surface area (TPSA) is 49.3 Å². The zero-order valence-electron chi connectivity index (χ0n) is 17.4. The van der Waals surface area contributed by atoms with E-state index >= 15 is 0 Å². The van der Waals surface area contributed by atoms with E-state index in [4.69, 9.17) is 5.11 Å². The highest BCUT2D eigenvalue weighted by Gasteiger charge is 2.04. The predicted octanol–water partition coefficient (Wildman–Crippen LogP) is 7.36. The molecule has 0 amide bonds. The number of carboxylic acids is 1. The van der Waals surface area contributed by atoms with E-state index in [0.29, 0.717) is 5.56 Å². The van der Waals surface area contributed by atoms with E-state index in [9.17, 15) is 4.79 Å². The molecular formula is C24H39NO2. The van der Waals surface area contributed by atoms with Gasteiger partial charge in [-0.2, -0.15) is 0 Å². The first-order chi connectivity index (χ1) is 13.1. The molecule has 27 heavy (non-hydrogen) atoms. The van der Waals surface area contributed by atoms with Crippen molar-refractivity contribution in [2.75, 3.05) is 11.9 Å². The molecule has 1 rings (SSSR count). The van der Waals surface area contributed by atoms with Gasteiger partial charge >= 0.3 is 5.97 Å². The highest BCUT2D eigenvalue weighted by molar-refractivity contribution is 5.88. The van der Waals surface area contributed by atoms with Gasteiger partial charge in [0.25, 0.3) is 0 Å². The molecule has 3 heteroatoms. The molecule has 0 unspecified atom stereocenters. The molecule has 0 saturated carbocycles. The van der Waals surface area contributed by atoms with Gasteiger partial charge in [-0.25, -0.2) is 4.79 Å². The minimum absolute atomic E-state index is 0.345. The van der Waals surface area contributed by atoms with Crippen molar-refractivity contribution in [2.24, 2.45) is 0 Å². The molecular weight excluding hydrogens is 334 g/mol. The van der Waals surface area contributed by atoms with Crippen molar-refractivity contribution in [3.05, 3.63) is 41.5 Å². The van der Waals surface area contributed by atoms with E-state index in [1.165, 1.54) is 64.2 Å². The van der Waals surface area contributed by atoms with Gasteiger partial charge in [-0.05, 0) is 56.4 Å². The van der Waals surface area contributed by atoms with Crippen LogP contribution in [0.1, 0.15) is 99.9 Å². The monoisotopic (exact) mass is 373 g/mol. The Hall–Kier alpha value is -1.77. The van der Waals surface area contributed by atoms with Gasteiger partial charge in [0.05, 0.1) is 5.56 Å². The van der Waals surface area contributed by atoms with Gasteiger partial charge in [-0.1, -0.05) is 70.4 Å². The van der Waals surface area contributed by atoms with Crippen LogP contribution < -0.4 is 5.32 Å². The molecule has 0 heterocycles. The normalized spacial score (nSPS) is 11.2. The van der Waals surface area contributed by atoms with Gasteiger partial charge in [-0.3, -0.25) is 0 Å². The fourth-order valence-electron chi connectivity index (χ4n) is 3.25. The summed E-state index contributed by atoms with van der Waals surface area (Å²) in [5.74, 6) is -0.873. The van der Waals surface area contributed by atoms with Crippen molar-refractivity contribution < 1.29 is 9.90 Å². The maximum absolute atomic E-state index is 10.9. The molecule has 0 aliphatic heterocycles. The van der Waals surface area contributed by atoms with Crippen molar-refractivity contribution in [1.82, 2.24) is 0 Å². The van der Waals surface area contributed by atoms with Crippen molar-refractivity contribution in [2.45, 2.75) is 90.9 Å². The Morgan fingerprint density at radius 2 is 1.52 bits per heavy atom. The number of allylic oxidation sites excluding steroid dienone is 2. The third-order valence-corrected chi connectivity index (χ3v) is 4.98. The predicted molar refractivity (Wildman–Crippen MR) is 117 cm³/mol. The minimum Gasteiger partial charge on any atom is -0.478 e. The van der Waals surface area contributed by atoms with Gasteiger partial charge in [0.2, 0.25) is 0 Å². The van der Waals surface area contributed by atoms with Crippen LogP contribution in [0.15, 0.2) is 30.4 Å². The maximum atomic E-state index is 10.9. The van der Waals surface area contributed by atoms with Crippen LogP contribution in [0, 0.1) is 6.92 Å². The Labute approximate surface area is 166 Å². The van der Waals surface area contributed by atoms with Gasteiger partial charge in [0, 0.05) is 12.2 Å². The molecule has 152 valence electrons. The van der Waals surface area contributed by atoms with Crippen LogP contribution in [0.4, 0.5) is 5.69 Å². The largest absolute Gasteiger partial charge is 0.478 e. The molecule has 0 aliphatic carbocycles. The lowest BCUT2D eigenvalue weighted by atomic mass is 10.1.